The van der Waals surface area contributed by atoms with Gasteiger partial charge in [-0.3, -0.25) is 14.5 Å². The molecule has 0 N–H and O–H groups in total. The number of imide groups is 1. The Balaban J connectivity index is 1.37. The highest BCUT2D eigenvalue weighted by Crippen LogP contribution is 2.31. The number of ether oxygens (including phenoxy) is 1. The van der Waals surface area contributed by atoms with E-state index in [2.05, 4.69) is 0 Å². The predicted octanol–water partition coefficient (Wildman–Crippen LogP) is 2.69. The van der Waals surface area contributed by atoms with Gasteiger partial charge in [0.2, 0.25) is 0 Å². The Morgan fingerprint density at radius 3 is 2.50 bits per heavy atom. The van der Waals surface area contributed by atoms with Crippen molar-refractivity contribution in [2.24, 2.45) is 0 Å². The van der Waals surface area contributed by atoms with E-state index >= 15 is 0 Å². The quantitative estimate of drug-likeness (QED) is 0.634. The number of nitrogens with zero attached hydrogens (tertiary/aromatic N) is 1. The largest absolute Gasteiger partial charge is 0.460 e. The van der Waals surface area contributed by atoms with Gasteiger partial charge in [0.1, 0.15) is 11.5 Å². The zero-order valence-electron chi connectivity index (χ0n) is 12.9. The number of hydrogen-bond donors (Lipinski definition) is 0. The van der Waals surface area contributed by atoms with Gasteiger partial charge in [0, 0.05) is 4.88 Å². The molecule has 2 aliphatic rings. The van der Waals surface area contributed by atoms with Crippen molar-refractivity contribution >= 4 is 29.1 Å². The predicted molar refractivity (Wildman–Crippen MR) is 88.4 cm³/mol. The number of rotatable bonds is 4. The number of benzene rings is 1. The molecule has 2 aromatic rings. The Bertz CT molecular complexity index is 798. The maximum absolute atomic E-state index is 12.2. The molecule has 2 amide bonds. The average molecular weight is 341 g/mol. The van der Waals surface area contributed by atoms with Crippen LogP contribution in [0.5, 0.6) is 0 Å². The maximum atomic E-state index is 12.2. The molecule has 1 aromatic heterocycles. The van der Waals surface area contributed by atoms with E-state index in [0.717, 1.165) is 24.2 Å². The molecule has 0 spiro atoms. The zero-order chi connectivity index (χ0) is 16.7. The van der Waals surface area contributed by atoms with Crippen LogP contribution in [-0.4, -0.2) is 35.8 Å². The van der Waals surface area contributed by atoms with E-state index < -0.39 is 0 Å². The molecule has 122 valence electrons. The molecular weight excluding hydrogens is 326 g/mol. The molecule has 4 rings (SSSR count). The number of carbonyl (C=O) groups excluding carboxylic acids is 3. The van der Waals surface area contributed by atoms with Crippen LogP contribution in [0.25, 0.3) is 0 Å². The second-order valence-corrected chi connectivity index (χ2v) is 6.99. The lowest BCUT2D eigenvalue weighted by Gasteiger charge is -2.13. The van der Waals surface area contributed by atoms with Crippen LogP contribution in [0.4, 0.5) is 0 Å². The Morgan fingerprint density at radius 1 is 1.12 bits per heavy atom. The van der Waals surface area contributed by atoms with E-state index in [1.54, 1.807) is 24.3 Å². The van der Waals surface area contributed by atoms with Gasteiger partial charge in [-0.25, -0.2) is 4.79 Å². The van der Waals surface area contributed by atoms with Crippen molar-refractivity contribution < 1.29 is 19.1 Å². The molecule has 1 aliphatic carbocycles. The molecule has 0 radical (unpaired) electrons. The molecule has 5 nitrogen and oxygen atoms in total. The smallest absolute Gasteiger partial charge is 0.348 e. The summed E-state index contributed by atoms with van der Waals surface area (Å²) in [7, 11) is 0. The van der Waals surface area contributed by atoms with Crippen LogP contribution in [-0.2, 0) is 17.6 Å². The molecule has 24 heavy (non-hydrogen) atoms. The average Bonchev–Trinajstić information content (AvgIpc) is 3.24. The molecule has 0 fully saturated rings. The third-order valence-electron chi connectivity index (χ3n) is 4.37. The summed E-state index contributed by atoms with van der Waals surface area (Å²) in [5, 5.41) is 0. The van der Waals surface area contributed by atoms with Crippen LogP contribution in [0.1, 0.15) is 47.2 Å². The lowest BCUT2D eigenvalue weighted by molar-refractivity contribution is 0.0424. The first-order chi connectivity index (χ1) is 11.6. The third kappa shape index (κ3) is 2.43. The summed E-state index contributed by atoms with van der Waals surface area (Å²) >= 11 is 1.48. The minimum absolute atomic E-state index is 0.00681. The summed E-state index contributed by atoms with van der Waals surface area (Å²) in [6.45, 7) is 0.0794. The topological polar surface area (TPSA) is 63.7 Å². The van der Waals surface area contributed by atoms with E-state index in [9.17, 15) is 14.4 Å². The first kappa shape index (κ1) is 15.1. The summed E-state index contributed by atoms with van der Waals surface area (Å²) in [5.41, 5.74) is 2.05. The number of fused-ring (bicyclic) bond motifs is 2. The van der Waals surface area contributed by atoms with Gasteiger partial charge in [-0.1, -0.05) is 12.1 Å². The zero-order valence-corrected chi connectivity index (χ0v) is 13.7. The van der Waals surface area contributed by atoms with E-state index in [-0.39, 0.29) is 30.9 Å². The SMILES string of the molecule is O=C(OCCN1C(=O)c2ccccc2C1=O)c1cc2c(s1)CCC2. The molecule has 2 heterocycles. The van der Waals surface area contributed by atoms with Gasteiger partial charge in [0.25, 0.3) is 11.8 Å². The summed E-state index contributed by atoms with van der Waals surface area (Å²) in [5.74, 6) is -1.05. The highest BCUT2D eigenvalue weighted by molar-refractivity contribution is 7.14. The van der Waals surface area contributed by atoms with Crippen LogP contribution in [0.3, 0.4) is 0 Å². The molecule has 0 saturated heterocycles. The van der Waals surface area contributed by atoms with E-state index in [0.29, 0.717) is 16.0 Å². The number of hydrogen-bond acceptors (Lipinski definition) is 5. The highest BCUT2D eigenvalue weighted by atomic mass is 32.1. The second-order valence-electron chi connectivity index (χ2n) is 5.86. The van der Waals surface area contributed by atoms with Crippen molar-refractivity contribution in [3.05, 3.63) is 56.8 Å². The van der Waals surface area contributed by atoms with E-state index in [4.69, 9.17) is 4.74 Å². The van der Waals surface area contributed by atoms with Gasteiger partial charge < -0.3 is 4.74 Å². The molecule has 1 aromatic carbocycles. The number of aryl methyl sites for hydroxylation is 2. The first-order valence-corrected chi connectivity index (χ1v) is 8.71. The fourth-order valence-corrected chi connectivity index (χ4v) is 4.32. The number of amides is 2. The Kier molecular flexibility index (Phi) is 3.69. The Hall–Kier alpha value is -2.47. The van der Waals surface area contributed by atoms with Gasteiger partial charge >= 0.3 is 5.97 Å². The summed E-state index contributed by atoms with van der Waals surface area (Å²) in [4.78, 5) is 39.5. The van der Waals surface area contributed by atoms with Crippen molar-refractivity contribution in [1.29, 1.82) is 0 Å². The fraction of sp³-hybridized carbons (Fsp3) is 0.278. The van der Waals surface area contributed by atoms with Crippen LogP contribution in [0, 0.1) is 0 Å². The van der Waals surface area contributed by atoms with Crippen LogP contribution >= 0.6 is 11.3 Å². The Labute approximate surface area is 142 Å². The Morgan fingerprint density at radius 2 is 1.83 bits per heavy atom. The number of esters is 1. The van der Waals surface area contributed by atoms with Crippen LogP contribution in [0.15, 0.2) is 30.3 Å². The van der Waals surface area contributed by atoms with Gasteiger partial charge in [0.05, 0.1) is 17.7 Å². The first-order valence-electron chi connectivity index (χ1n) is 7.89. The van der Waals surface area contributed by atoms with Crippen LogP contribution < -0.4 is 0 Å². The number of thiophene rings is 1. The second kappa shape index (κ2) is 5.87. The minimum atomic E-state index is -0.383. The summed E-state index contributed by atoms with van der Waals surface area (Å²) in [6.07, 6.45) is 3.20. The molecule has 0 saturated carbocycles. The minimum Gasteiger partial charge on any atom is -0.460 e. The number of carbonyl (C=O) groups is 3. The molecule has 6 heteroatoms. The molecule has 0 atom stereocenters. The molecule has 0 bridgehead atoms. The molecule has 1 aliphatic heterocycles. The van der Waals surface area contributed by atoms with Gasteiger partial charge in [-0.05, 0) is 43.0 Å². The van der Waals surface area contributed by atoms with Gasteiger partial charge in [-0.2, -0.15) is 0 Å². The molecular formula is C18H15NO4S. The van der Waals surface area contributed by atoms with Crippen LogP contribution in [0.2, 0.25) is 0 Å². The summed E-state index contributed by atoms with van der Waals surface area (Å²) < 4.78 is 5.25. The van der Waals surface area contributed by atoms with Crippen molar-refractivity contribution in [3.63, 3.8) is 0 Å². The van der Waals surface area contributed by atoms with Crippen molar-refractivity contribution in [3.8, 4) is 0 Å². The standard InChI is InChI=1S/C18H15NO4S/c20-16-12-5-1-2-6-13(12)17(21)19(16)8-9-23-18(22)15-10-11-4-3-7-14(11)24-15/h1-2,5-6,10H,3-4,7-9H2. The normalized spacial score (nSPS) is 15.6. The lowest BCUT2D eigenvalue weighted by atomic mass is 10.1. The summed E-state index contributed by atoms with van der Waals surface area (Å²) in [6, 6.07) is 8.62. The van der Waals surface area contributed by atoms with Crippen molar-refractivity contribution in [2.75, 3.05) is 13.2 Å². The highest BCUT2D eigenvalue weighted by Gasteiger charge is 2.34. The fourth-order valence-electron chi connectivity index (χ4n) is 3.17. The third-order valence-corrected chi connectivity index (χ3v) is 5.59. The van der Waals surface area contributed by atoms with E-state index in [1.807, 2.05) is 6.07 Å². The van der Waals surface area contributed by atoms with E-state index in [1.165, 1.54) is 21.8 Å². The molecule has 0 unspecified atom stereocenters. The van der Waals surface area contributed by atoms with Crippen molar-refractivity contribution in [1.82, 2.24) is 4.90 Å². The lowest BCUT2D eigenvalue weighted by Crippen LogP contribution is -2.33. The van der Waals surface area contributed by atoms with Gasteiger partial charge in [0.15, 0.2) is 0 Å². The monoisotopic (exact) mass is 341 g/mol. The van der Waals surface area contributed by atoms with Gasteiger partial charge in [-0.15, -0.1) is 11.3 Å². The maximum Gasteiger partial charge on any atom is 0.348 e. The van der Waals surface area contributed by atoms with Crippen molar-refractivity contribution in [2.45, 2.75) is 19.3 Å².